The van der Waals surface area contributed by atoms with Crippen LogP contribution < -0.4 is 0 Å². The molecule has 0 unspecified atom stereocenters. The summed E-state index contributed by atoms with van der Waals surface area (Å²) in [6.45, 7) is 4.70. The molecule has 4 aromatic rings. The first kappa shape index (κ1) is 21.4. The minimum absolute atomic E-state index is 0.781. The number of hydrazone groups is 1. The maximum absolute atomic E-state index is 6.00. The van der Waals surface area contributed by atoms with E-state index in [1.165, 1.54) is 5.56 Å². The van der Waals surface area contributed by atoms with Gasteiger partial charge in [0.15, 0.2) is 0 Å². The average Bonchev–Trinajstić information content (AvgIpc) is 3.30. The summed E-state index contributed by atoms with van der Waals surface area (Å²) in [4.78, 5) is 2.46. The molecular weight excluding hydrogens is 430 g/mol. The number of nitrogens with zero attached hydrogens (tertiary/aromatic N) is 5. The largest absolute Gasteiger partial charge is 0.295 e. The van der Waals surface area contributed by atoms with E-state index in [2.05, 4.69) is 52.5 Å². The lowest BCUT2D eigenvalue weighted by molar-refractivity contribution is 0.131. The molecule has 0 amide bonds. The molecule has 0 atom stereocenters. The predicted octanol–water partition coefficient (Wildman–Crippen LogP) is 5.34. The second-order valence-corrected chi connectivity index (χ2v) is 8.62. The molecule has 0 bridgehead atoms. The van der Waals surface area contributed by atoms with Gasteiger partial charge in [-0.25, -0.2) is 4.68 Å². The number of hydrogen-bond acceptors (Lipinski definition) is 4. The van der Waals surface area contributed by atoms with Gasteiger partial charge in [-0.05, 0) is 29.8 Å². The number of aromatic nitrogens is 2. The number of hydrogen-bond donors (Lipinski definition) is 0. The third-order valence-corrected chi connectivity index (χ3v) is 6.09. The fraction of sp³-hybridized carbons (Fsp3) is 0.185. The van der Waals surface area contributed by atoms with Crippen LogP contribution in [-0.4, -0.2) is 52.1 Å². The molecule has 0 saturated carbocycles. The van der Waals surface area contributed by atoms with E-state index in [1.54, 1.807) is 0 Å². The van der Waals surface area contributed by atoms with Crippen LogP contribution in [0.5, 0.6) is 0 Å². The molecule has 2 heterocycles. The first-order valence-corrected chi connectivity index (χ1v) is 11.6. The number of piperazine rings is 1. The van der Waals surface area contributed by atoms with Gasteiger partial charge < -0.3 is 0 Å². The summed E-state index contributed by atoms with van der Waals surface area (Å²) in [5.41, 5.74) is 5.35. The van der Waals surface area contributed by atoms with Crippen molar-refractivity contribution in [2.75, 3.05) is 26.2 Å². The molecule has 0 aliphatic carbocycles. The summed E-state index contributed by atoms with van der Waals surface area (Å²) in [6, 6.07) is 28.6. The molecule has 3 aromatic carbocycles. The average molecular weight is 456 g/mol. The van der Waals surface area contributed by atoms with Crippen molar-refractivity contribution in [3.63, 3.8) is 0 Å². The Morgan fingerprint density at radius 3 is 2.18 bits per heavy atom. The van der Waals surface area contributed by atoms with E-state index in [1.807, 2.05) is 59.4 Å². The molecule has 6 heteroatoms. The fourth-order valence-electron chi connectivity index (χ4n) is 4.02. The Labute approximate surface area is 199 Å². The van der Waals surface area contributed by atoms with Crippen molar-refractivity contribution >= 4 is 17.8 Å². The standard InChI is InChI=1S/C27H26ClN5/c28-25-13-11-22(12-14-25)20-31-15-17-32(18-16-31)29-19-24-21-33(26-9-5-2-6-10-26)30-27(24)23-7-3-1-4-8-23/h1-14,19,21H,15-18,20H2/b29-19+. The molecule has 0 spiro atoms. The van der Waals surface area contributed by atoms with Gasteiger partial charge in [0.1, 0.15) is 5.69 Å². The van der Waals surface area contributed by atoms with Crippen LogP contribution in [-0.2, 0) is 6.54 Å². The van der Waals surface area contributed by atoms with E-state index in [4.69, 9.17) is 21.8 Å². The summed E-state index contributed by atoms with van der Waals surface area (Å²) in [5.74, 6) is 0. The lowest BCUT2D eigenvalue weighted by Gasteiger charge is -2.33. The van der Waals surface area contributed by atoms with Gasteiger partial charge in [-0.3, -0.25) is 9.91 Å². The Kier molecular flexibility index (Phi) is 6.51. The SMILES string of the molecule is Clc1ccc(CN2CCN(/N=C/c3cn(-c4ccccc4)nc3-c3ccccc3)CC2)cc1. The van der Waals surface area contributed by atoms with Crippen LogP contribution in [0.15, 0.2) is 96.2 Å². The van der Waals surface area contributed by atoms with Crippen molar-refractivity contribution in [2.45, 2.75) is 6.54 Å². The van der Waals surface area contributed by atoms with Crippen molar-refractivity contribution in [3.05, 3.63) is 107 Å². The van der Waals surface area contributed by atoms with E-state index in [-0.39, 0.29) is 0 Å². The smallest absolute Gasteiger partial charge is 0.102 e. The lowest BCUT2D eigenvalue weighted by atomic mass is 10.1. The Balaban J connectivity index is 1.29. The van der Waals surface area contributed by atoms with Crippen LogP contribution in [0.1, 0.15) is 11.1 Å². The summed E-state index contributed by atoms with van der Waals surface area (Å²) >= 11 is 6.00. The highest BCUT2D eigenvalue weighted by Crippen LogP contribution is 2.22. The van der Waals surface area contributed by atoms with E-state index in [9.17, 15) is 0 Å². The molecule has 33 heavy (non-hydrogen) atoms. The van der Waals surface area contributed by atoms with E-state index >= 15 is 0 Å². The highest BCUT2D eigenvalue weighted by molar-refractivity contribution is 6.30. The van der Waals surface area contributed by atoms with Crippen LogP contribution >= 0.6 is 11.6 Å². The molecule has 5 nitrogen and oxygen atoms in total. The number of benzene rings is 3. The van der Waals surface area contributed by atoms with Gasteiger partial charge in [0.2, 0.25) is 0 Å². The second kappa shape index (κ2) is 10.0. The molecule has 0 radical (unpaired) electrons. The zero-order valence-corrected chi connectivity index (χ0v) is 19.1. The van der Waals surface area contributed by atoms with Gasteiger partial charge >= 0.3 is 0 Å². The molecule has 1 saturated heterocycles. The van der Waals surface area contributed by atoms with Crippen molar-refractivity contribution in [3.8, 4) is 16.9 Å². The summed E-state index contributed by atoms with van der Waals surface area (Å²) in [7, 11) is 0. The number of para-hydroxylation sites is 1. The minimum atomic E-state index is 0.781. The Bertz CT molecular complexity index is 1190. The van der Waals surface area contributed by atoms with Gasteiger partial charge in [0.05, 0.1) is 11.9 Å². The normalized spacial score (nSPS) is 14.8. The third kappa shape index (κ3) is 5.33. The third-order valence-electron chi connectivity index (χ3n) is 5.84. The Morgan fingerprint density at radius 1 is 0.818 bits per heavy atom. The van der Waals surface area contributed by atoms with E-state index in [0.29, 0.717) is 0 Å². The molecule has 5 rings (SSSR count). The van der Waals surface area contributed by atoms with Crippen molar-refractivity contribution in [1.29, 1.82) is 0 Å². The summed E-state index contributed by atoms with van der Waals surface area (Å²) in [5, 5.41) is 12.6. The Morgan fingerprint density at radius 2 is 1.48 bits per heavy atom. The summed E-state index contributed by atoms with van der Waals surface area (Å²) in [6.07, 6.45) is 4.00. The highest BCUT2D eigenvalue weighted by atomic mass is 35.5. The van der Waals surface area contributed by atoms with Crippen LogP contribution in [0, 0.1) is 0 Å². The second-order valence-electron chi connectivity index (χ2n) is 8.18. The lowest BCUT2D eigenvalue weighted by Crippen LogP contribution is -2.43. The number of rotatable bonds is 6. The number of halogens is 1. The molecule has 1 aromatic heterocycles. The van der Waals surface area contributed by atoms with Gasteiger partial charge in [0.25, 0.3) is 0 Å². The Hall–Kier alpha value is -3.41. The van der Waals surface area contributed by atoms with Crippen molar-refractivity contribution in [1.82, 2.24) is 19.7 Å². The van der Waals surface area contributed by atoms with Gasteiger partial charge in [-0.1, -0.05) is 72.3 Å². The molecule has 0 N–H and O–H groups in total. The van der Waals surface area contributed by atoms with E-state index in [0.717, 1.165) is 60.3 Å². The molecule has 166 valence electrons. The zero-order valence-electron chi connectivity index (χ0n) is 18.4. The van der Waals surface area contributed by atoms with Gasteiger partial charge in [-0.15, -0.1) is 0 Å². The predicted molar refractivity (Wildman–Crippen MR) is 135 cm³/mol. The maximum atomic E-state index is 6.00. The zero-order chi connectivity index (χ0) is 22.5. The highest BCUT2D eigenvalue weighted by Gasteiger charge is 2.16. The molecular formula is C27H26ClN5. The monoisotopic (exact) mass is 455 g/mol. The maximum Gasteiger partial charge on any atom is 0.102 e. The molecule has 1 aliphatic heterocycles. The molecule has 1 aliphatic rings. The first-order chi connectivity index (χ1) is 16.2. The summed E-state index contributed by atoms with van der Waals surface area (Å²) < 4.78 is 1.92. The van der Waals surface area contributed by atoms with E-state index < -0.39 is 0 Å². The van der Waals surface area contributed by atoms with Crippen molar-refractivity contribution in [2.24, 2.45) is 5.10 Å². The van der Waals surface area contributed by atoms with Crippen LogP contribution in [0.3, 0.4) is 0 Å². The van der Waals surface area contributed by atoms with Crippen LogP contribution in [0.2, 0.25) is 5.02 Å². The fourth-order valence-corrected chi connectivity index (χ4v) is 4.14. The molecule has 1 fully saturated rings. The van der Waals surface area contributed by atoms with Gasteiger partial charge in [-0.2, -0.15) is 10.2 Å². The van der Waals surface area contributed by atoms with Crippen LogP contribution in [0.25, 0.3) is 16.9 Å². The van der Waals surface area contributed by atoms with Gasteiger partial charge in [0, 0.05) is 55.1 Å². The van der Waals surface area contributed by atoms with Crippen LogP contribution in [0.4, 0.5) is 0 Å². The first-order valence-electron chi connectivity index (χ1n) is 11.2. The quantitative estimate of drug-likeness (QED) is 0.368. The topological polar surface area (TPSA) is 36.7 Å². The van der Waals surface area contributed by atoms with Crippen molar-refractivity contribution < 1.29 is 0 Å². The minimum Gasteiger partial charge on any atom is -0.295 e.